The van der Waals surface area contributed by atoms with Crippen molar-refractivity contribution in [2.45, 2.75) is 25.8 Å². The van der Waals surface area contributed by atoms with E-state index in [2.05, 4.69) is 44.5 Å². The minimum Gasteiger partial charge on any atom is -0.480 e. The molecule has 1 unspecified atom stereocenters. The summed E-state index contributed by atoms with van der Waals surface area (Å²) in [6.45, 7) is 3.28. The summed E-state index contributed by atoms with van der Waals surface area (Å²) < 4.78 is 0. The third-order valence-electron chi connectivity index (χ3n) is 5.11. The van der Waals surface area contributed by atoms with Gasteiger partial charge in [-0.15, -0.1) is 0 Å². The van der Waals surface area contributed by atoms with Gasteiger partial charge in [0.1, 0.15) is 17.7 Å². The summed E-state index contributed by atoms with van der Waals surface area (Å²) in [6, 6.07) is 13.3. The van der Waals surface area contributed by atoms with Gasteiger partial charge in [-0.25, -0.2) is 9.97 Å². The van der Waals surface area contributed by atoms with E-state index in [1.54, 1.807) is 19.3 Å². The minimum absolute atomic E-state index is 0.491. The second-order valence-corrected chi connectivity index (χ2v) is 7.14. The number of hydrogen-bond donors (Lipinski definition) is 2. The van der Waals surface area contributed by atoms with E-state index >= 15 is 0 Å². The van der Waals surface area contributed by atoms with E-state index in [0.29, 0.717) is 11.6 Å². The first-order valence-corrected chi connectivity index (χ1v) is 9.71. The molecule has 0 bridgehead atoms. The van der Waals surface area contributed by atoms with Crippen molar-refractivity contribution in [2.75, 3.05) is 23.3 Å². The average molecular weight is 389 g/mol. The van der Waals surface area contributed by atoms with Crippen LogP contribution in [0.1, 0.15) is 18.1 Å². The van der Waals surface area contributed by atoms with E-state index in [1.807, 2.05) is 18.2 Å². The summed E-state index contributed by atoms with van der Waals surface area (Å²) >= 11 is 0. The van der Waals surface area contributed by atoms with Crippen molar-refractivity contribution in [3.05, 3.63) is 66.0 Å². The topological polar surface area (TPSA) is 91.2 Å². The van der Waals surface area contributed by atoms with Gasteiger partial charge >= 0.3 is 5.97 Å². The molecule has 7 nitrogen and oxygen atoms in total. The van der Waals surface area contributed by atoms with Crippen LogP contribution < -0.4 is 10.2 Å². The van der Waals surface area contributed by atoms with E-state index in [-0.39, 0.29) is 0 Å². The standard InChI is InChI=1S/C22H23N5O2/c1-15(22(28)29)24-19-13-20(26-21(25-19)18-7-4-10-23-14-18)27-11-8-16-5-2-3-6-17(16)9-12-27/h2-7,10,13-15H,8-9,11-12H2,1H3,(H,28,29)(H,24,25,26). The molecular weight excluding hydrogens is 366 g/mol. The second-order valence-electron chi connectivity index (χ2n) is 7.14. The molecule has 148 valence electrons. The normalized spacial score (nSPS) is 14.6. The molecule has 1 atom stereocenters. The van der Waals surface area contributed by atoms with Crippen LogP contribution >= 0.6 is 0 Å². The van der Waals surface area contributed by atoms with Crippen molar-refractivity contribution in [2.24, 2.45) is 0 Å². The Bertz CT molecular complexity index is 982. The van der Waals surface area contributed by atoms with Gasteiger partial charge in [0.2, 0.25) is 0 Å². The highest BCUT2D eigenvalue weighted by Crippen LogP contribution is 2.25. The highest BCUT2D eigenvalue weighted by molar-refractivity contribution is 5.76. The van der Waals surface area contributed by atoms with Crippen LogP contribution in [0.5, 0.6) is 0 Å². The number of aromatic nitrogens is 3. The number of aliphatic carboxylic acids is 1. The van der Waals surface area contributed by atoms with Crippen molar-refractivity contribution in [1.29, 1.82) is 0 Å². The number of hydrogen-bond acceptors (Lipinski definition) is 6. The maximum atomic E-state index is 11.3. The van der Waals surface area contributed by atoms with Crippen LogP contribution in [0.15, 0.2) is 54.9 Å². The van der Waals surface area contributed by atoms with Gasteiger partial charge in [-0.3, -0.25) is 9.78 Å². The van der Waals surface area contributed by atoms with Crippen LogP contribution in [0.25, 0.3) is 11.4 Å². The number of carbonyl (C=O) groups is 1. The van der Waals surface area contributed by atoms with E-state index in [0.717, 1.165) is 37.3 Å². The van der Waals surface area contributed by atoms with Crippen molar-refractivity contribution in [3.63, 3.8) is 0 Å². The summed E-state index contributed by atoms with van der Waals surface area (Å²) in [5, 5.41) is 12.2. The molecule has 7 heteroatoms. The third kappa shape index (κ3) is 4.34. The molecule has 0 amide bonds. The molecule has 1 aliphatic rings. The van der Waals surface area contributed by atoms with Crippen molar-refractivity contribution < 1.29 is 9.90 Å². The number of anilines is 2. The lowest BCUT2D eigenvalue weighted by atomic mass is 10.0. The Kier molecular flexibility index (Phi) is 5.37. The smallest absolute Gasteiger partial charge is 0.325 e. The molecule has 4 rings (SSSR count). The summed E-state index contributed by atoms with van der Waals surface area (Å²) in [5.41, 5.74) is 3.53. The van der Waals surface area contributed by atoms with Crippen LogP contribution in [0.2, 0.25) is 0 Å². The summed E-state index contributed by atoms with van der Waals surface area (Å²) in [5.74, 6) is 0.869. The van der Waals surface area contributed by atoms with Crippen LogP contribution in [0.3, 0.4) is 0 Å². The number of fused-ring (bicyclic) bond motifs is 1. The van der Waals surface area contributed by atoms with Gasteiger partial charge in [0.25, 0.3) is 0 Å². The molecule has 0 spiro atoms. The number of rotatable bonds is 5. The molecule has 1 aliphatic heterocycles. The molecule has 29 heavy (non-hydrogen) atoms. The molecule has 0 fully saturated rings. The number of nitrogens with one attached hydrogen (secondary N) is 1. The molecule has 3 heterocycles. The Morgan fingerprint density at radius 3 is 2.45 bits per heavy atom. The number of pyridine rings is 1. The van der Waals surface area contributed by atoms with Gasteiger partial charge in [0.15, 0.2) is 5.82 Å². The van der Waals surface area contributed by atoms with Crippen LogP contribution in [-0.4, -0.2) is 45.2 Å². The number of benzene rings is 1. The van der Waals surface area contributed by atoms with Gasteiger partial charge in [0.05, 0.1) is 0 Å². The van der Waals surface area contributed by atoms with Crippen molar-refractivity contribution in [1.82, 2.24) is 15.0 Å². The lowest BCUT2D eigenvalue weighted by Gasteiger charge is -2.23. The maximum absolute atomic E-state index is 11.3. The quantitative estimate of drug-likeness (QED) is 0.693. The fourth-order valence-corrected chi connectivity index (χ4v) is 3.48. The Hall–Kier alpha value is -3.48. The van der Waals surface area contributed by atoms with Gasteiger partial charge < -0.3 is 15.3 Å². The lowest BCUT2D eigenvalue weighted by molar-refractivity contribution is -0.137. The SMILES string of the molecule is CC(Nc1cc(N2CCc3ccccc3CC2)nc(-c2cccnc2)n1)C(=O)O. The maximum Gasteiger partial charge on any atom is 0.325 e. The minimum atomic E-state index is -0.932. The highest BCUT2D eigenvalue weighted by Gasteiger charge is 2.19. The highest BCUT2D eigenvalue weighted by atomic mass is 16.4. The average Bonchev–Trinajstić information content (AvgIpc) is 2.97. The number of nitrogens with zero attached hydrogens (tertiary/aromatic N) is 4. The molecule has 1 aromatic carbocycles. The summed E-state index contributed by atoms with van der Waals surface area (Å²) in [4.78, 5) is 27.0. The fraction of sp³-hybridized carbons (Fsp3) is 0.273. The fourth-order valence-electron chi connectivity index (χ4n) is 3.48. The monoisotopic (exact) mass is 389 g/mol. The summed E-state index contributed by atoms with van der Waals surface area (Å²) in [7, 11) is 0. The van der Waals surface area contributed by atoms with Gasteiger partial charge in [-0.05, 0) is 43.0 Å². The Morgan fingerprint density at radius 1 is 1.10 bits per heavy atom. The Morgan fingerprint density at radius 2 is 1.83 bits per heavy atom. The lowest BCUT2D eigenvalue weighted by Crippen LogP contribution is -2.29. The van der Waals surface area contributed by atoms with Crippen molar-refractivity contribution in [3.8, 4) is 11.4 Å². The molecule has 2 N–H and O–H groups in total. The second kappa shape index (κ2) is 8.26. The van der Waals surface area contributed by atoms with Crippen LogP contribution in [0, 0.1) is 0 Å². The molecule has 2 aromatic heterocycles. The first-order valence-electron chi connectivity index (χ1n) is 9.71. The first kappa shape index (κ1) is 18.9. The van der Waals surface area contributed by atoms with Gasteiger partial charge in [-0.1, -0.05) is 24.3 Å². The molecule has 0 aliphatic carbocycles. The third-order valence-corrected chi connectivity index (χ3v) is 5.11. The Labute approximate surface area is 169 Å². The van der Waals surface area contributed by atoms with E-state index < -0.39 is 12.0 Å². The van der Waals surface area contributed by atoms with Crippen LogP contribution in [-0.2, 0) is 17.6 Å². The van der Waals surface area contributed by atoms with E-state index in [1.165, 1.54) is 11.1 Å². The molecule has 0 saturated heterocycles. The van der Waals surface area contributed by atoms with Gasteiger partial charge in [0, 0.05) is 37.1 Å². The molecular formula is C22H23N5O2. The van der Waals surface area contributed by atoms with Crippen molar-refractivity contribution >= 4 is 17.6 Å². The van der Waals surface area contributed by atoms with Crippen LogP contribution in [0.4, 0.5) is 11.6 Å². The first-order chi connectivity index (χ1) is 14.1. The summed E-state index contributed by atoms with van der Waals surface area (Å²) in [6.07, 6.45) is 5.29. The Balaban J connectivity index is 1.67. The predicted molar refractivity (Wildman–Crippen MR) is 112 cm³/mol. The van der Waals surface area contributed by atoms with E-state index in [4.69, 9.17) is 4.98 Å². The predicted octanol–water partition coefficient (Wildman–Crippen LogP) is 3.03. The van der Waals surface area contributed by atoms with E-state index in [9.17, 15) is 9.90 Å². The van der Waals surface area contributed by atoms with Gasteiger partial charge in [-0.2, -0.15) is 0 Å². The number of carboxylic acids is 1. The molecule has 3 aromatic rings. The largest absolute Gasteiger partial charge is 0.480 e. The zero-order chi connectivity index (χ0) is 20.2. The zero-order valence-corrected chi connectivity index (χ0v) is 16.2. The molecule has 0 saturated carbocycles. The molecule has 0 radical (unpaired) electrons. The number of carboxylic acid groups (broad SMARTS) is 1. The zero-order valence-electron chi connectivity index (χ0n) is 16.2.